The Morgan fingerprint density at radius 2 is 1.84 bits per heavy atom. The summed E-state index contributed by atoms with van der Waals surface area (Å²) in [5, 5.41) is 4.24. The zero-order valence-electron chi connectivity index (χ0n) is 9.84. The third kappa shape index (κ3) is 1.86. The molecule has 0 saturated heterocycles. The van der Waals surface area contributed by atoms with Gasteiger partial charge in [0.1, 0.15) is 9.58 Å². The molecule has 4 aromatic rings. The van der Waals surface area contributed by atoms with Gasteiger partial charge in [0.05, 0.1) is 0 Å². The summed E-state index contributed by atoms with van der Waals surface area (Å²) in [5.74, 6) is 0. The van der Waals surface area contributed by atoms with Crippen LogP contribution in [0, 0.1) is 0 Å². The maximum Gasteiger partial charge on any atom is 0.285 e. The first-order chi connectivity index (χ1) is 9.31. The number of nitrogens with zero attached hydrogens (tertiary/aromatic N) is 1. The second kappa shape index (κ2) is 4.30. The van der Waals surface area contributed by atoms with Crippen LogP contribution in [0.25, 0.3) is 25.4 Å². The molecule has 19 heavy (non-hydrogen) atoms. The Morgan fingerprint density at radius 3 is 2.68 bits per heavy atom. The Hall–Kier alpha value is -1.42. The van der Waals surface area contributed by atoms with Gasteiger partial charge in [0.15, 0.2) is 12.4 Å². The molecule has 1 aromatic carbocycles. The number of rotatable bonds is 1. The number of halogens is 1. The topological polar surface area (TPSA) is 4.10 Å². The second-order valence-corrected chi connectivity index (χ2v) is 6.72. The van der Waals surface area contributed by atoms with Gasteiger partial charge in [-0.25, -0.2) is 0 Å². The number of thiophene rings is 1. The zero-order valence-corrected chi connectivity index (χ0v) is 12.2. The fourth-order valence-electron chi connectivity index (χ4n) is 2.17. The van der Waals surface area contributed by atoms with Crippen molar-refractivity contribution in [3.63, 3.8) is 0 Å². The maximum atomic E-state index is 5.94. The van der Waals surface area contributed by atoms with E-state index >= 15 is 0 Å². The van der Waals surface area contributed by atoms with E-state index in [0.717, 1.165) is 5.02 Å². The lowest BCUT2D eigenvalue weighted by atomic mass is 10.2. The van der Waals surface area contributed by atoms with Crippen molar-refractivity contribution in [2.24, 2.45) is 0 Å². The Balaban J connectivity index is 1.98. The molecule has 0 amide bonds. The summed E-state index contributed by atoms with van der Waals surface area (Å²) in [4.78, 5) is 2.56. The van der Waals surface area contributed by atoms with Crippen LogP contribution in [0.4, 0.5) is 0 Å². The number of thiazole rings is 1. The molecular weight excluding hydrogens is 294 g/mol. The van der Waals surface area contributed by atoms with Crippen LogP contribution in [0.2, 0.25) is 5.02 Å². The average molecular weight is 303 g/mol. The molecule has 0 saturated carbocycles. The molecule has 0 fully saturated rings. The SMILES string of the molecule is Clc1ccc(-c2c[n+]3ccc4ccsc4c3s2)cc1. The smallest absolute Gasteiger partial charge is 0.155 e. The highest BCUT2D eigenvalue weighted by Crippen LogP contribution is 2.32. The van der Waals surface area contributed by atoms with Crippen LogP contribution in [0.3, 0.4) is 0 Å². The van der Waals surface area contributed by atoms with Crippen molar-refractivity contribution in [2.75, 3.05) is 0 Å². The van der Waals surface area contributed by atoms with Crippen molar-refractivity contribution in [1.82, 2.24) is 0 Å². The molecule has 3 aromatic heterocycles. The van der Waals surface area contributed by atoms with Crippen molar-refractivity contribution in [1.29, 1.82) is 0 Å². The van der Waals surface area contributed by atoms with Crippen molar-refractivity contribution < 1.29 is 4.40 Å². The standard InChI is InChI=1S/C15H9ClNS2/c16-12-3-1-10(2-4-12)13-9-17-7-5-11-6-8-18-14(11)15(17)19-13/h1-9H/q+1. The first kappa shape index (κ1) is 11.4. The molecule has 0 aliphatic carbocycles. The van der Waals surface area contributed by atoms with Crippen LogP contribution in [0.1, 0.15) is 0 Å². The lowest BCUT2D eigenvalue weighted by Crippen LogP contribution is -2.15. The Labute approximate surface area is 123 Å². The van der Waals surface area contributed by atoms with Gasteiger partial charge < -0.3 is 0 Å². The molecule has 0 N–H and O–H groups in total. The summed E-state index contributed by atoms with van der Waals surface area (Å²) < 4.78 is 3.56. The van der Waals surface area contributed by atoms with E-state index in [9.17, 15) is 0 Å². The molecular formula is C15H9ClNS2+. The van der Waals surface area contributed by atoms with Crippen LogP contribution in [0.5, 0.6) is 0 Å². The van der Waals surface area contributed by atoms with Crippen LogP contribution < -0.4 is 4.40 Å². The lowest BCUT2D eigenvalue weighted by Gasteiger charge is -1.93. The second-order valence-electron chi connectivity index (χ2n) is 4.34. The van der Waals surface area contributed by atoms with E-state index < -0.39 is 0 Å². The Bertz CT molecular complexity index is 874. The first-order valence-corrected chi connectivity index (χ1v) is 7.96. The number of fused-ring (bicyclic) bond motifs is 3. The Morgan fingerprint density at radius 1 is 1.00 bits per heavy atom. The largest absolute Gasteiger partial charge is 0.285 e. The van der Waals surface area contributed by atoms with Gasteiger partial charge in [0.25, 0.3) is 4.83 Å². The van der Waals surface area contributed by atoms with Crippen molar-refractivity contribution >= 4 is 49.2 Å². The number of benzene rings is 1. The molecule has 0 atom stereocenters. The summed E-state index contributed by atoms with van der Waals surface area (Å²) in [5.41, 5.74) is 1.21. The predicted octanol–water partition coefficient (Wildman–Crippen LogP) is 5.02. The van der Waals surface area contributed by atoms with Crippen LogP contribution in [-0.2, 0) is 0 Å². The van der Waals surface area contributed by atoms with Gasteiger partial charge in [-0.05, 0) is 29.1 Å². The van der Waals surface area contributed by atoms with Gasteiger partial charge in [-0.15, -0.1) is 11.3 Å². The third-order valence-electron chi connectivity index (χ3n) is 3.13. The van der Waals surface area contributed by atoms with Crippen LogP contribution in [-0.4, -0.2) is 0 Å². The zero-order chi connectivity index (χ0) is 12.8. The van der Waals surface area contributed by atoms with Crippen LogP contribution >= 0.6 is 34.3 Å². The fourth-order valence-corrected chi connectivity index (χ4v) is 4.46. The van der Waals surface area contributed by atoms with Gasteiger partial charge >= 0.3 is 0 Å². The molecule has 0 radical (unpaired) electrons. The molecule has 0 spiro atoms. The minimum atomic E-state index is 0.776. The quantitative estimate of drug-likeness (QED) is 0.435. The summed E-state index contributed by atoms with van der Waals surface area (Å²) in [6.45, 7) is 0. The number of aromatic nitrogens is 1. The summed E-state index contributed by atoms with van der Waals surface area (Å²) in [7, 11) is 0. The third-order valence-corrected chi connectivity index (χ3v) is 5.62. The molecule has 4 rings (SSSR count). The fraction of sp³-hybridized carbons (Fsp3) is 0. The van der Waals surface area contributed by atoms with Gasteiger partial charge in [0.2, 0.25) is 0 Å². The summed E-state index contributed by atoms with van der Waals surface area (Å²) in [6, 6.07) is 12.3. The van der Waals surface area contributed by atoms with Crippen molar-refractivity contribution in [3.05, 3.63) is 59.2 Å². The number of hydrogen-bond donors (Lipinski definition) is 0. The number of pyridine rings is 1. The van der Waals surface area contributed by atoms with Gasteiger partial charge in [0, 0.05) is 16.5 Å². The highest BCUT2D eigenvalue weighted by Gasteiger charge is 2.15. The molecule has 3 heterocycles. The molecule has 0 aliphatic heterocycles. The molecule has 0 aliphatic rings. The monoisotopic (exact) mass is 302 g/mol. The van der Waals surface area contributed by atoms with Crippen molar-refractivity contribution in [2.45, 2.75) is 0 Å². The summed E-state index contributed by atoms with van der Waals surface area (Å²) in [6.07, 6.45) is 4.31. The van der Waals surface area contributed by atoms with E-state index in [1.54, 1.807) is 11.3 Å². The highest BCUT2D eigenvalue weighted by molar-refractivity contribution is 7.26. The predicted molar refractivity (Wildman–Crippen MR) is 83.3 cm³/mol. The first-order valence-electron chi connectivity index (χ1n) is 5.88. The maximum absolute atomic E-state index is 5.94. The Kier molecular flexibility index (Phi) is 2.58. The average Bonchev–Trinajstić information content (AvgIpc) is 3.04. The molecule has 0 unspecified atom stereocenters. The molecule has 4 heteroatoms. The van der Waals surface area contributed by atoms with E-state index in [2.05, 4.69) is 46.4 Å². The van der Waals surface area contributed by atoms with E-state index in [1.807, 2.05) is 23.5 Å². The van der Waals surface area contributed by atoms with Gasteiger partial charge in [-0.2, -0.15) is 4.40 Å². The van der Waals surface area contributed by atoms with Gasteiger partial charge in [-0.3, -0.25) is 0 Å². The van der Waals surface area contributed by atoms with Crippen molar-refractivity contribution in [3.8, 4) is 10.4 Å². The number of hydrogen-bond acceptors (Lipinski definition) is 2. The van der Waals surface area contributed by atoms with Gasteiger partial charge in [-0.1, -0.05) is 35.1 Å². The van der Waals surface area contributed by atoms with E-state index in [0.29, 0.717) is 0 Å². The minimum absolute atomic E-state index is 0.776. The normalized spacial score (nSPS) is 11.4. The molecule has 0 bridgehead atoms. The van der Waals surface area contributed by atoms with E-state index in [-0.39, 0.29) is 0 Å². The van der Waals surface area contributed by atoms with E-state index in [4.69, 9.17) is 11.6 Å². The highest BCUT2D eigenvalue weighted by atomic mass is 35.5. The molecule has 92 valence electrons. The minimum Gasteiger partial charge on any atom is -0.155 e. The lowest BCUT2D eigenvalue weighted by molar-refractivity contribution is -0.505. The van der Waals surface area contributed by atoms with E-state index in [1.165, 1.54) is 25.4 Å². The summed E-state index contributed by atoms with van der Waals surface area (Å²) >= 11 is 9.56. The molecule has 1 nitrogen and oxygen atoms in total. The van der Waals surface area contributed by atoms with Crippen LogP contribution in [0.15, 0.2) is 54.2 Å².